The van der Waals surface area contributed by atoms with Crippen molar-refractivity contribution in [3.05, 3.63) is 22.9 Å². The molecule has 0 saturated carbocycles. The van der Waals surface area contributed by atoms with Gasteiger partial charge in [0.1, 0.15) is 11.6 Å². The molecule has 0 aromatic carbocycles. The Morgan fingerprint density at radius 2 is 2.17 bits per heavy atom. The number of alkyl halides is 3. The first-order valence-corrected chi connectivity index (χ1v) is 7.44. The highest BCUT2D eigenvalue weighted by Crippen LogP contribution is 2.23. The predicted octanol–water partition coefficient (Wildman–Crippen LogP) is 3.18. The van der Waals surface area contributed by atoms with Crippen LogP contribution < -0.4 is 5.32 Å². The fourth-order valence-corrected chi connectivity index (χ4v) is 1.96. The predicted molar refractivity (Wildman–Crippen MR) is 78.6 cm³/mol. The molecule has 7 nitrogen and oxygen atoms in total. The highest BCUT2D eigenvalue weighted by atomic mass is 35.5. The summed E-state index contributed by atoms with van der Waals surface area (Å²) in [6.45, 7) is 2.52. The molecule has 1 amide bonds. The summed E-state index contributed by atoms with van der Waals surface area (Å²) in [5, 5.41) is 9.65. The topological polar surface area (TPSA) is 85.8 Å². The molecule has 0 spiro atoms. The van der Waals surface area contributed by atoms with E-state index in [9.17, 15) is 18.0 Å². The number of nitrogens with zero attached hydrogens (tertiary/aromatic N) is 4. The first kappa shape index (κ1) is 18.2. The maximum absolute atomic E-state index is 12.3. The van der Waals surface area contributed by atoms with Gasteiger partial charge in [0.25, 0.3) is 0 Å². The quantitative estimate of drug-likeness (QED) is 0.849. The zero-order valence-electron chi connectivity index (χ0n) is 12.9. The Morgan fingerprint density at radius 3 is 2.75 bits per heavy atom. The lowest BCUT2D eigenvalue weighted by Crippen LogP contribution is -2.18. The molecule has 0 saturated heterocycles. The third-order valence-electron chi connectivity index (χ3n) is 2.88. The number of carbonyl (C=O) groups excluding carboxylic acids is 1. The fraction of sp³-hybridized carbons (Fsp3) is 0.538. The van der Waals surface area contributed by atoms with Gasteiger partial charge in [-0.05, 0) is 0 Å². The molecule has 132 valence electrons. The van der Waals surface area contributed by atoms with Crippen LogP contribution in [0.15, 0.2) is 10.7 Å². The van der Waals surface area contributed by atoms with Crippen LogP contribution in [0.2, 0.25) is 5.02 Å². The molecule has 0 atom stereocenters. The summed E-state index contributed by atoms with van der Waals surface area (Å²) < 4.78 is 42.5. The van der Waals surface area contributed by atoms with Gasteiger partial charge in [-0.25, -0.2) is 0 Å². The van der Waals surface area contributed by atoms with Gasteiger partial charge in [0.2, 0.25) is 11.8 Å². The van der Waals surface area contributed by atoms with Crippen molar-refractivity contribution in [1.29, 1.82) is 0 Å². The Morgan fingerprint density at radius 1 is 1.46 bits per heavy atom. The van der Waals surface area contributed by atoms with Crippen molar-refractivity contribution in [3.8, 4) is 0 Å². The number of hydrogen-bond donors (Lipinski definition) is 1. The molecule has 0 aliphatic carbocycles. The van der Waals surface area contributed by atoms with Crippen LogP contribution in [0.1, 0.15) is 37.9 Å². The van der Waals surface area contributed by atoms with Crippen molar-refractivity contribution >= 4 is 23.3 Å². The van der Waals surface area contributed by atoms with E-state index in [1.165, 1.54) is 0 Å². The lowest BCUT2D eigenvalue weighted by Gasteiger charge is -2.05. The molecule has 0 unspecified atom stereocenters. The normalized spacial score (nSPS) is 12.0. The van der Waals surface area contributed by atoms with Crippen molar-refractivity contribution in [1.82, 2.24) is 19.9 Å². The van der Waals surface area contributed by atoms with Crippen LogP contribution in [0.4, 0.5) is 19.0 Å². The third kappa shape index (κ3) is 5.22. The number of aryl methyl sites for hydroxylation is 1. The Bertz CT molecular complexity index is 711. The Hall–Kier alpha value is -2.10. The molecule has 11 heteroatoms. The molecule has 24 heavy (non-hydrogen) atoms. The lowest BCUT2D eigenvalue weighted by molar-refractivity contribution is -0.142. The minimum Gasteiger partial charge on any atom is -0.339 e. The van der Waals surface area contributed by atoms with Crippen LogP contribution in [0.25, 0.3) is 0 Å². The molecule has 0 aliphatic rings. The van der Waals surface area contributed by atoms with Gasteiger partial charge < -0.3 is 9.84 Å². The van der Waals surface area contributed by atoms with E-state index in [-0.39, 0.29) is 29.6 Å². The second kappa shape index (κ2) is 7.20. The van der Waals surface area contributed by atoms with Crippen LogP contribution in [-0.4, -0.2) is 32.0 Å². The SMILES string of the molecule is CC(C)c1noc(CCC(=O)Nc2nn(CC(F)(F)F)cc2Cl)n1. The minimum atomic E-state index is -4.43. The second-order valence-electron chi connectivity index (χ2n) is 5.39. The van der Waals surface area contributed by atoms with E-state index in [0.29, 0.717) is 16.4 Å². The number of amides is 1. The molecule has 2 aromatic rings. The molecule has 0 radical (unpaired) electrons. The van der Waals surface area contributed by atoms with E-state index in [1.807, 2.05) is 13.8 Å². The van der Waals surface area contributed by atoms with E-state index in [0.717, 1.165) is 6.20 Å². The third-order valence-corrected chi connectivity index (χ3v) is 3.16. The van der Waals surface area contributed by atoms with E-state index in [1.54, 1.807) is 0 Å². The summed E-state index contributed by atoms with van der Waals surface area (Å²) in [5.41, 5.74) is 0. The Balaban J connectivity index is 1.90. The summed E-state index contributed by atoms with van der Waals surface area (Å²) >= 11 is 5.77. The van der Waals surface area contributed by atoms with Crippen molar-refractivity contribution < 1.29 is 22.5 Å². The average molecular weight is 366 g/mol. The van der Waals surface area contributed by atoms with Crippen LogP contribution in [0.5, 0.6) is 0 Å². The summed E-state index contributed by atoms with van der Waals surface area (Å²) in [6.07, 6.45) is -3.23. The lowest BCUT2D eigenvalue weighted by atomic mass is 10.2. The Kier molecular flexibility index (Phi) is 5.47. The van der Waals surface area contributed by atoms with Gasteiger partial charge in [-0.2, -0.15) is 23.3 Å². The highest BCUT2D eigenvalue weighted by molar-refractivity contribution is 6.33. The van der Waals surface area contributed by atoms with E-state index < -0.39 is 18.6 Å². The summed E-state index contributed by atoms with van der Waals surface area (Å²) in [7, 11) is 0. The van der Waals surface area contributed by atoms with Gasteiger partial charge in [0, 0.05) is 25.0 Å². The second-order valence-corrected chi connectivity index (χ2v) is 5.79. The summed E-state index contributed by atoms with van der Waals surface area (Å²) in [4.78, 5) is 16.0. The smallest absolute Gasteiger partial charge is 0.339 e. The van der Waals surface area contributed by atoms with Crippen LogP contribution >= 0.6 is 11.6 Å². The monoisotopic (exact) mass is 365 g/mol. The standard InChI is InChI=1S/C13H15ClF3N5O2/c1-7(2)11-19-10(24-21-11)4-3-9(23)18-12-8(14)5-22(20-12)6-13(15,16)17/h5,7H,3-4,6H2,1-2H3,(H,18,20,23). The zero-order valence-corrected chi connectivity index (χ0v) is 13.6. The van der Waals surface area contributed by atoms with Gasteiger partial charge in [-0.15, -0.1) is 0 Å². The van der Waals surface area contributed by atoms with Crippen molar-refractivity contribution in [2.45, 2.75) is 45.3 Å². The summed E-state index contributed by atoms with van der Waals surface area (Å²) in [6, 6.07) is 0. The Labute approximate surface area is 140 Å². The minimum absolute atomic E-state index is 0.00217. The van der Waals surface area contributed by atoms with E-state index >= 15 is 0 Å². The molecule has 0 aliphatic heterocycles. The molecule has 0 bridgehead atoms. The molecule has 2 aromatic heterocycles. The molecular formula is C13H15ClF3N5O2. The van der Waals surface area contributed by atoms with Gasteiger partial charge in [0.15, 0.2) is 11.6 Å². The van der Waals surface area contributed by atoms with Crippen molar-refractivity contribution in [2.24, 2.45) is 0 Å². The zero-order chi connectivity index (χ0) is 17.9. The van der Waals surface area contributed by atoms with Gasteiger partial charge >= 0.3 is 6.18 Å². The molecule has 1 N–H and O–H groups in total. The van der Waals surface area contributed by atoms with Gasteiger partial charge in [-0.1, -0.05) is 30.6 Å². The number of rotatable bonds is 6. The molecule has 2 rings (SSSR count). The maximum atomic E-state index is 12.3. The first-order chi connectivity index (χ1) is 11.1. The van der Waals surface area contributed by atoms with Gasteiger partial charge in [-0.3, -0.25) is 9.48 Å². The van der Waals surface area contributed by atoms with E-state index in [2.05, 4.69) is 20.6 Å². The number of carbonyl (C=O) groups is 1. The number of halogens is 4. The molecular weight excluding hydrogens is 351 g/mol. The number of hydrogen-bond acceptors (Lipinski definition) is 5. The fourth-order valence-electron chi connectivity index (χ4n) is 1.77. The highest BCUT2D eigenvalue weighted by Gasteiger charge is 2.29. The van der Waals surface area contributed by atoms with Crippen LogP contribution in [0.3, 0.4) is 0 Å². The number of anilines is 1. The largest absolute Gasteiger partial charge is 0.408 e. The number of nitrogens with one attached hydrogen (secondary N) is 1. The van der Waals surface area contributed by atoms with Crippen molar-refractivity contribution in [2.75, 3.05) is 5.32 Å². The van der Waals surface area contributed by atoms with Crippen LogP contribution in [-0.2, 0) is 17.8 Å². The summed E-state index contributed by atoms with van der Waals surface area (Å²) in [5.74, 6) is 0.354. The average Bonchev–Trinajstić information content (AvgIpc) is 3.02. The maximum Gasteiger partial charge on any atom is 0.408 e. The molecule has 2 heterocycles. The van der Waals surface area contributed by atoms with Crippen LogP contribution in [0, 0.1) is 0 Å². The first-order valence-electron chi connectivity index (χ1n) is 7.06. The number of aromatic nitrogens is 4. The van der Waals surface area contributed by atoms with Crippen molar-refractivity contribution in [3.63, 3.8) is 0 Å². The van der Waals surface area contributed by atoms with Gasteiger partial charge in [0.05, 0.1) is 0 Å². The molecule has 0 fully saturated rings. The van der Waals surface area contributed by atoms with E-state index in [4.69, 9.17) is 16.1 Å².